The van der Waals surface area contributed by atoms with Gasteiger partial charge in [0.05, 0.1) is 24.4 Å². The van der Waals surface area contributed by atoms with Crippen LogP contribution in [-0.2, 0) is 9.59 Å². The molecule has 0 spiro atoms. The standard InChI is InChI=1S/C12H17N3O4S.H2O/c1-6(16)9-7-4-8(20-3-2-14-5-13)10(12(18)19)15(7)11(9)17;/h5-7,9,16H,2-4H2,1H3,(H2,13,14)(H,18,19);1H2/t6?,7-,9-;/m1./s1. The molecule has 0 aromatic heterocycles. The maximum Gasteiger partial charge on any atom is 0.353 e. The number of aliphatic hydroxyl groups excluding tert-OH is 1. The van der Waals surface area contributed by atoms with Gasteiger partial charge in [-0.2, -0.15) is 0 Å². The van der Waals surface area contributed by atoms with Gasteiger partial charge in [0.15, 0.2) is 0 Å². The van der Waals surface area contributed by atoms with Gasteiger partial charge in [-0.05, 0) is 6.92 Å². The second kappa shape index (κ2) is 6.92. The van der Waals surface area contributed by atoms with Crippen molar-refractivity contribution in [2.45, 2.75) is 25.5 Å². The number of β-lactam (4-membered cyclic amide) rings is 1. The molecular weight excluding hydrogens is 298 g/mol. The van der Waals surface area contributed by atoms with E-state index in [1.54, 1.807) is 6.92 Å². The van der Waals surface area contributed by atoms with Crippen molar-refractivity contribution in [3.63, 3.8) is 0 Å². The highest BCUT2D eigenvalue weighted by atomic mass is 32.2. The van der Waals surface area contributed by atoms with E-state index in [0.29, 0.717) is 23.6 Å². The molecule has 0 saturated carbocycles. The summed E-state index contributed by atoms with van der Waals surface area (Å²) in [5.41, 5.74) is 0.0525. The number of hydrogen-bond donors (Lipinski definition) is 4. The van der Waals surface area contributed by atoms with Crippen LogP contribution in [0.5, 0.6) is 0 Å². The highest BCUT2D eigenvalue weighted by Crippen LogP contribution is 2.46. The van der Waals surface area contributed by atoms with Gasteiger partial charge in [0.1, 0.15) is 5.70 Å². The number of fused-ring (bicyclic) bond motifs is 1. The molecule has 0 radical (unpaired) electrons. The summed E-state index contributed by atoms with van der Waals surface area (Å²) in [4.78, 5) is 25.2. The van der Waals surface area contributed by atoms with Crippen LogP contribution >= 0.6 is 11.8 Å². The molecule has 2 heterocycles. The minimum absolute atomic E-state index is 0. The Morgan fingerprint density at radius 2 is 2.33 bits per heavy atom. The topological polar surface area (TPSA) is 145 Å². The number of thioether (sulfide) groups is 1. The maximum atomic E-state index is 11.9. The number of aliphatic hydroxyl groups is 1. The van der Waals surface area contributed by atoms with Crippen LogP contribution in [0.2, 0.25) is 0 Å². The largest absolute Gasteiger partial charge is 0.477 e. The molecule has 2 aliphatic heterocycles. The number of nitrogens with one attached hydrogen (secondary N) is 2. The van der Waals surface area contributed by atoms with Gasteiger partial charge in [0.2, 0.25) is 5.91 Å². The molecule has 8 nitrogen and oxygen atoms in total. The van der Waals surface area contributed by atoms with Gasteiger partial charge in [-0.25, -0.2) is 4.79 Å². The molecule has 21 heavy (non-hydrogen) atoms. The highest BCUT2D eigenvalue weighted by molar-refractivity contribution is 8.03. The Hall–Kier alpha value is -1.58. The molecule has 2 rings (SSSR count). The Morgan fingerprint density at radius 1 is 1.67 bits per heavy atom. The number of carboxylic acid groups (broad SMARTS) is 1. The fourth-order valence-corrected chi connectivity index (χ4v) is 3.74. The van der Waals surface area contributed by atoms with Crippen molar-refractivity contribution in [3.8, 4) is 0 Å². The molecule has 1 amide bonds. The van der Waals surface area contributed by atoms with Crippen molar-refractivity contribution in [1.82, 2.24) is 10.2 Å². The third-order valence-corrected chi connectivity index (χ3v) is 4.63. The second-order valence-corrected chi connectivity index (χ2v) is 5.96. The predicted molar refractivity (Wildman–Crippen MR) is 77.9 cm³/mol. The van der Waals surface area contributed by atoms with Crippen LogP contribution in [0.15, 0.2) is 10.6 Å². The summed E-state index contributed by atoms with van der Waals surface area (Å²) < 4.78 is 0. The number of aliphatic carboxylic acids is 1. The van der Waals surface area contributed by atoms with Crippen LogP contribution < -0.4 is 5.32 Å². The lowest BCUT2D eigenvalue weighted by Crippen LogP contribution is -2.61. The quantitative estimate of drug-likeness (QED) is 0.205. The number of amides is 1. The predicted octanol–water partition coefficient (Wildman–Crippen LogP) is -1.00. The number of nitrogens with zero attached hydrogens (tertiary/aromatic N) is 1. The zero-order chi connectivity index (χ0) is 14.9. The lowest BCUT2D eigenvalue weighted by atomic mass is 9.83. The van der Waals surface area contributed by atoms with Crippen molar-refractivity contribution < 1.29 is 25.3 Å². The van der Waals surface area contributed by atoms with Crippen molar-refractivity contribution in [2.75, 3.05) is 12.3 Å². The molecular formula is C12H19N3O5S. The van der Waals surface area contributed by atoms with Crippen molar-refractivity contribution in [1.29, 1.82) is 5.41 Å². The monoisotopic (exact) mass is 317 g/mol. The summed E-state index contributed by atoms with van der Waals surface area (Å²) in [5, 5.41) is 28.4. The molecule has 2 aliphatic rings. The van der Waals surface area contributed by atoms with E-state index >= 15 is 0 Å². The molecule has 3 atom stereocenters. The summed E-state index contributed by atoms with van der Waals surface area (Å²) in [6, 6.07) is -0.230. The first kappa shape index (κ1) is 17.5. The summed E-state index contributed by atoms with van der Waals surface area (Å²) in [6.45, 7) is 2.11. The summed E-state index contributed by atoms with van der Waals surface area (Å²) in [7, 11) is 0. The van der Waals surface area contributed by atoms with Gasteiger partial charge < -0.3 is 25.9 Å². The van der Waals surface area contributed by atoms with E-state index in [4.69, 9.17) is 5.41 Å². The Morgan fingerprint density at radius 3 is 2.86 bits per heavy atom. The van der Waals surface area contributed by atoms with E-state index in [0.717, 1.165) is 6.34 Å². The SMILES string of the molecule is CC(O)[C@H]1C(=O)N2C(C(=O)O)=C(SCCNC=N)C[C@H]12.O. The molecule has 1 unspecified atom stereocenters. The summed E-state index contributed by atoms with van der Waals surface area (Å²) >= 11 is 1.38. The van der Waals surface area contributed by atoms with Crippen molar-refractivity contribution in [2.24, 2.45) is 5.92 Å². The molecule has 0 aromatic carbocycles. The average molecular weight is 317 g/mol. The average Bonchev–Trinajstić information content (AvgIpc) is 2.69. The zero-order valence-corrected chi connectivity index (χ0v) is 12.3. The van der Waals surface area contributed by atoms with Gasteiger partial charge in [-0.1, -0.05) is 0 Å². The smallest absolute Gasteiger partial charge is 0.353 e. The van der Waals surface area contributed by atoms with E-state index < -0.39 is 18.0 Å². The van der Waals surface area contributed by atoms with E-state index in [1.165, 1.54) is 16.7 Å². The lowest BCUT2D eigenvalue weighted by Gasteiger charge is -2.44. The second-order valence-electron chi connectivity index (χ2n) is 4.77. The fourth-order valence-electron chi connectivity index (χ4n) is 2.67. The van der Waals surface area contributed by atoms with Gasteiger partial charge >= 0.3 is 5.97 Å². The van der Waals surface area contributed by atoms with Crippen LogP contribution in [0, 0.1) is 11.3 Å². The molecule has 0 aliphatic carbocycles. The number of rotatable bonds is 7. The Labute approximate surface area is 126 Å². The maximum absolute atomic E-state index is 11.9. The molecule has 118 valence electrons. The van der Waals surface area contributed by atoms with E-state index in [-0.39, 0.29) is 23.1 Å². The molecule has 1 saturated heterocycles. The molecule has 1 fully saturated rings. The van der Waals surface area contributed by atoms with E-state index in [1.807, 2.05) is 0 Å². The molecule has 6 N–H and O–H groups in total. The number of carbonyl (C=O) groups is 2. The molecule has 9 heteroatoms. The van der Waals surface area contributed by atoms with Gasteiger partial charge in [-0.3, -0.25) is 10.2 Å². The number of carbonyl (C=O) groups excluding carboxylic acids is 1. The fraction of sp³-hybridized carbons (Fsp3) is 0.583. The number of hydrogen-bond acceptors (Lipinski definition) is 5. The van der Waals surface area contributed by atoms with Crippen LogP contribution in [0.1, 0.15) is 13.3 Å². The normalized spacial score (nSPS) is 24.9. The van der Waals surface area contributed by atoms with Gasteiger partial charge in [0.25, 0.3) is 0 Å². The zero-order valence-electron chi connectivity index (χ0n) is 11.5. The Kier molecular flexibility index (Phi) is 5.76. The van der Waals surface area contributed by atoms with Crippen LogP contribution in [0.4, 0.5) is 0 Å². The minimum atomic E-state index is -1.10. The first-order chi connectivity index (χ1) is 9.49. The van der Waals surface area contributed by atoms with Crippen LogP contribution in [-0.4, -0.2) is 63.2 Å². The summed E-state index contributed by atoms with van der Waals surface area (Å²) in [5.74, 6) is -1.29. The molecule has 0 bridgehead atoms. The van der Waals surface area contributed by atoms with Gasteiger partial charge in [-0.15, -0.1) is 11.8 Å². The lowest BCUT2D eigenvalue weighted by molar-refractivity contribution is -0.161. The van der Waals surface area contributed by atoms with Gasteiger partial charge in [0, 0.05) is 23.6 Å². The Bertz CT molecular complexity index is 480. The highest BCUT2D eigenvalue weighted by Gasteiger charge is 2.56. The minimum Gasteiger partial charge on any atom is -0.477 e. The third-order valence-electron chi connectivity index (χ3n) is 3.52. The number of carboxylic acids is 1. The van der Waals surface area contributed by atoms with E-state index in [9.17, 15) is 19.8 Å². The first-order valence-corrected chi connectivity index (χ1v) is 7.30. The van der Waals surface area contributed by atoms with Crippen LogP contribution in [0.25, 0.3) is 0 Å². The van der Waals surface area contributed by atoms with E-state index in [2.05, 4.69) is 5.32 Å². The third kappa shape index (κ3) is 3.04. The Balaban J connectivity index is 0.00000220. The first-order valence-electron chi connectivity index (χ1n) is 6.31. The summed E-state index contributed by atoms with van der Waals surface area (Å²) in [6.07, 6.45) is 0.808. The van der Waals surface area contributed by atoms with Crippen molar-refractivity contribution >= 4 is 30.0 Å². The van der Waals surface area contributed by atoms with Crippen LogP contribution in [0.3, 0.4) is 0 Å². The molecule has 0 aromatic rings. The van der Waals surface area contributed by atoms with Crippen molar-refractivity contribution in [3.05, 3.63) is 10.6 Å².